The summed E-state index contributed by atoms with van der Waals surface area (Å²) in [5.74, 6) is -1.72. The predicted octanol–water partition coefficient (Wildman–Crippen LogP) is 3.40. The fraction of sp³-hybridized carbons (Fsp3) is 0.100. The van der Waals surface area contributed by atoms with Gasteiger partial charge in [-0.2, -0.15) is 0 Å². The molecule has 1 aliphatic rings. The van der Waals surface area contributed by atoms with Gasteiger partial charge < -0.3 is 9.57 Å². The number of ether oxygens (including phenoxy) is 1. The van der Waals surface area contributed by atoms with E-state index in [2.05, 4.69) is 4.98 Å². The lowest BCUT2D eigenvalue weighted by atomic mass is 10.1. The molecule has 0 saturated carbocycles. The third kappa shape index (κ3) is 3.37. The lowest BCUT2D eigenvalue weighted by molar-refractivity contribution is -0.0584. The third-order valence-electron chi connectivity index (χ3n) is 4.05. The normalized spacial score (nSPS) is 12.8. The summed E-state index contributed by atoms with van der Waals surface area (Å²) < 4.78 is 5.65. The van der Waals surface area contributed by atoms with E-state index < -0.39 is 17.8 Å². The first-order chi connectivity index (χ1) is 13.5. The zero-order valence-electron chi connectivity index (χ0n) is 14.7. The Bertz CT molecular complexity index is 1060. The van der Waals surface area contributed by atoms with Crippen molar-refractivity contribution >= 4 is 29.1 Å². The Morgan fingerprint density at radius 3 is 2.43 bits per heavy atom. The first kappa shape index (κ1) is 17.9. The van der Waals surface area contributed by atoms with E-state index in [1.54, 1.807) is 24.3 Å². The molecule has 2 aromatic carbocycles. The molecule has 0 atom stereocenters. The number of fused-ring (bicyclic) bond motifs is 1. The van der Waals surface area contributed by atoms with Crippen LogP contribution in [-0.4, -0.2) is 27.8 Å². The second-order valence-electron chi connectivity index (χ2n) is 6.00. The molecule has 3 aromatic rings. The number of benzene rings is 2. The summed E-state index contributed by atoms with van der Waals surface area (Å²) in [6, 6.07) is 12.6. The summed E-state index contributed by atoms with van der Waals surface area (Å²) in [7, 11) is 0. The maximum absolute atomic E-state index is 12.4. The van der Waals surface area contributed by atoms with Crippen LogP contribution in [0.4, 0.5) is 0 Å². The zero-order valence-corrected chi connectivity index (χ0v) is 15.6. The topological polar surface area (TPSA) is 85.8 Å². The van der Waals surface area contributed by atoms with Crippen molar-refractivity contribution in [1.82, 2.24) is 10.0 Å². The minimum absolute atomic E-state index is 0.156. The molecule has 2 heterocycles. The van der Waals surface area contributed by atoms with E-state index in [-0.39, 0.29) is 23.3 Å². The van der Waals surface area contributed by atoms with Gasteiger partial charge >= 0.3 is 5.97 Å². The van der Waals surface area contributed by atoms with Crippen LogP contribution in [0, 0.1) is 6.92 Å². The number of aromatic nitrogens is 1. The molecule has 0 bridgehead atoms. The Balaban J connectivity index is 1.45. The Labute approximate surface area is 164 Å². The minimum Gasteiger partial charge on any atom is -0.487 e. The molecule has 7 nitrogen and oxygen atoms in total. The molecule has 1 aliphatic heterocycles. The number of hydrogen-bond acceptors (Lipinski definition) is 7. The van der Waals surface area contributed by atoms with Gasteiger partial charge in [-0.3, -0.25) is 9.59 Å². The zero-order chi connectivity index (χ0) is 19.7. The number of rotatable bonds is 5. The summed E-state index contributed by atoms with van der Waals surface area (Å²) >= 11 is 1.53. The van der Waals surface area contributed by atoms with Gasteiger partial charge in [0, 0.05) is 5.38 Å². The molecule has 8 heteroatoms. The van der Waals surface area contributed by atoms with E-state index in [0.29, 0.717) is 10.8 Å². The van der Waals surface area contributed by atoms with Crippen molar-refractivity contribution in [3.8, 4) is 5.75 Å². The van der Waals surface area contributed by atoms with Crippen LogP contribution in [0.2, 0.25) is 0 Å². The van der Waals surface area contributed by atoms with E-state index in [4.69, 9.17) is 9.57 Å². The molecule has 0 radical (unpaired) electrons. The van der Waals surface area contributed by atoms with Gasteiger partial charge in [-0.25, -0.2) is 9.78 Å². The number of hydroxylamine groups is 2. The first-order valence-electron chi connectivity index (χ1n) is 8.37. The molecule has 1 aromatic heterocycles. The summed E-state index contributed by atoms with van der Waals surface area (Å²) in [4.78, 5) is 46.4. The second kappa shape index (κ2) is 7.24. The largest absolute Gasteiger partial charge is 0.487 e. The molecular weight excluding hydrogens is 380 g/mol. The Morgan fingerprint density at radius 1 is 1.07 bits per heavy atom. The van der Waals surface area contributed by atoms with Gasteiger partial charge in [-0.15, -0.1) is 11.3 Å². The third-order valence-corrected chi connectivity index (χ3v) is 4.88. The number of carbonyl (C=O) groups excluding carboxylic acids is 3. The molecule has 140 valence electrons. The van der Waals surface area contributed by atoms with Crippen LogP contribution in [0.15, 0.2) is 53.9 Å². The Hall–Kier alpha value is -3.52. The van der Waals surface area contributed by atoms with Gasteiger partial charge in [0.1, 0.15) is 12.4 Å². The molecule has 0 fully saturated rings. The molecular formula is C20H14N2O5S. The molecule has 0 spiro atoms. The SMILES string of the molecule is Cc1nc(COc2cccc(C(=O)ON3C(=O)c4ccccc4C3=O)c2)cs1. The summed E-state index contributed by atoms with van der Waals surface area (Å²) in [5.41, 5.74) is 1.36. The van der Waals surface area contributed by atoms with Gasteiger partial charge in [0.05, 0.1) is 27.4 Å². The number of thiazole rings is 1. The summed E-state index contributed by atoms with van der Waals surface area (Å²) in [6.07, 6.45) is 0. The number of aryl methyl sites for hydroxylation is 1. The van der Waals surface area contributed by atoms with Crippen molar-refractivity contribution in [2.75, 3.05) is 0 Å². The van der Waals surface area contributed by atoms with Crippen molar-refractivity contribution in [1.29, 1.82) is 0 Å². The van der Waals surface area contributed by atoms with Crippen molar-refractivity contribution in [2.45, 2.75) is 13.5 Å². The lowest BCUT2D eigenvalue weighted by Gasteiger charge is -2.13. The number of nitrogens with zero attached hydrogens (tertiary/aromatic N) is 2. The van der Waals surface area contributed by atoms with Gasteiger partial charge in [0.25, 0.3) is 11.8 Å². The van der Waals surface area contributed by atoms with Crippen LogP contribution < -0.4 is 4.74 Å². The fourth-order valence-corrected chi connectivity index (χ4v) is 3.33. The van der Waals surface area contributed by atoms with Crippen LogP contribution in [0.1, 0.15) is 41.8 Å². The summed E-state index contributed by atoms with van der Waals surface area (Å²) in [6.45, 7) is 2.17. The molecule has 2 amide bonds. The van der Waals surface area contributed by atoms with E-state index in [0.717, 1.165) is 10.7 Å². The van der Waals surface area contributed by atoms with Crippen molar-refractivity contribution < 1.29 is 24.0 Å². The highest BCUT2D eigenvalue weighted by molar-refractivity contribution is 7.09. The molecule has 0 unspecified atom stereocenters. The van der Waals surface area contributed by atoms with E-state index >= 15 is 0 Å². The van der Waals surface area contributed by atoms with Crippen molar-refractivity contribution in [2.24, 2.45) is 0 Å². The molecule has 0 saturated heterocycles. The maximum atomic E-state index is 12.4. The highest BCUT2D eigenvalue weighted by Crippen LogP contribution is 2.24. The monoisotopic (exact) mass is 394 g/mol. The van der Waals surface area contributed by atoms with Crippen LogP contribution in [0.3, 0.4) is 0 Å². The van der Waals surface area contributed by atoms with Crippen LogP contribution in [0.25, 0.3) is 0 Å². The van der Waals surface area contributed by atoms with Crippen LogP contribution in [-0.2, 0) is 11.4 Å². The fourth-order valence-electron chi connectivity index (χ4n) is 2.73. The standard InChI is InChI=1S/C20H14N2O5S/c1-12-21-14(11-28-12)10-26-15-6-4-5-13(9-15)20(25)27-22-18(23)16-7-2-3-8-17(16)19(22)24/h2-9,11H,10H2,1H3. The Morgan fingerprint density at radius 2 is 1.79 bits per heavy atom. The second-order valence-corrected chi connectivity index (χ2v) is 7.07. The van der Waals surface area contributed by atoms with Crippen LogP contribution in [0.5, 0.6) is 5.75 Å². The van der Waals surface area contributed by atoms with Crippen molar-refractivity contribution in [3.63, 3.8) is 0 Å². The highest BCUT2D eigenvalue weighted by Gasteiger charge is 2.38. The van der Waals surface area contributed by atoms with Gasteiger partial charge in [-0.05, 0) is 37.3 Å². The molecule has 28 heavy (non-hydrogen) atoms. The predicted molar refractivity (Wildman–Crippen MR) is 100.0 cm³/mol. The van der Waals surface area contributed by atoms with Gasteiger partial charge in [0.2, 0.25) is 0 Å². The van der Waals surface area contributed by atoms with Gasteiger partial charge in [0.15, 0.2) is 0 Å². The minimum atomic E-state index is -0.829. The average Bonchev–Trinajstić information content (AvgIpc) is 3.23. The first-order valence-corrected chi connectivity index (χ1v) is 9.25. The van der Waals surface area contributed by atoms with Crippen molar-refractivity contribution in [3.05, 3.63) is 81.3 Å². The molecule has 0 N–H and O–H groups in total. The van der Waals surface area contributed by atoms with E-state index in [1.165, 1.54) is 35.6 Å². The molecule has 0 aliphatic carbocycles. The quantitative estimate of drug-likeness (QED) is 0.617. The number of imide groups is 1. The molecule has 4 rings (SSSR count). The number of amides is 2. The smallest absolute Gasteiger partial charge is 0.364 e. The average molecular weight is 394 g/mol. The Kier molecular flexibility index (Phi) is 4.62. The highest BCUT2D eigenvalue weighted by atomic mass is 32.1. The maximum Gasteiger partial charge on any atom is 0.364 e. The lowest BCUT2D eigenvalue weighted by Crippen LogP contribution is -2.32. The van der Waals surface area contributed by atoms with Crippen LogP contribution >= 0.6 is 11.3 Å². The number of carbonyl (C=O) groups is 3. The number of hydrogen-bond donors (Lipinski definition) is 0. The summed E-state index contributed by atoms with van der Waals surface area (Å²) in [5, 5.41) is 3.32. The van der Waals surface area contributed by atoms with E-state index in [1.807, 2.05) is 12.3 Å². The van der Waals surface area contributed by atoms with E-state index in [9.17, 15) is 14.4 Å². The van der Waals surface area contributed by atoms with Gasteiger partial charge in [-0.1, -0.05) is 23.3 Å².